The molecule has 20 heavy (non-hydrogen) atoms. The van der Waals surface area contributed by atoms with Crippen LogP contribution >= 0.6 is 0 Å². The molecule has 0 radical (unpaired) electrons. The van der Waals surface area contributed by atoms with Gasteiger partial charge < -0.3 is 5.32 Å². The van der Waals surface area contributed by atoms with Gasteiger partial charge in [-0.1, -0.05) is 13.0 Å². The summed E-state index contributed by atoms with van der Waals surface area (Å²) in [4.78, 5) is 0. The van der Waals surface area contributed by atoms with E-state index in [1.54, 1.807) is 13.0 Å². The number of rotatable bonds is 7. The van der Waals surface area contributed by atoms with Crippen molar-refractivity contribution in [2.24, 2.45) is 0 Å². The van der Waals surface area contributed by atoms with Crippen molar-refractivity contribution < 1.29 is 12.8 Å². The maximum Gasteiger partial charge on any atom is 0.151 e. The van der Waals surface area contributed by atoms with Crippen LogP contribution in [0.4, 0.5) is 4.39 Å². The predicted octanol–water partition coefficient (Wildman–Crippen LogP) is 2.48. The monoisotopic (exact) mass is 301 g/mol. The first-order valence-corrected chi connectivity index (χ1v) is 8.88. The quantitative estimate of drug-likeness (QED) is 0.841. The van der Waals surface area contributed by atoms with E-state index in [1.807, 2.05) is 13.8 Å². The van der Waals surface area contributed by atoms with E-state index in [2.05, 4.69) is 5.32 Å². The Morgan fingerprint density at radius 3 is 2.55 bits per heavy atom. The third-order valence-corrected chi connectivity index (χ3v) is 5.33. The second-order valence-electron chi connectivity index (χ2n) is 5.37. The van der Waals surface area contributed by atoms with E-state index < -0.39 is 15.1 Å². The molecule has 0 aliphatic rings. The normalized spacial score (nSPS) is 15.1. The van der Waals surface area contributed by atoms with Crippen molar-refractivity contribution in [3.8, 4) is 0 Å². The second kappa shape index (κ2) is 7.18. The van der Waals surface area contributed by atoms with Crippen molar-refractivity contribution in [1.29, 1.82) is 0 Å². The molecule has 0 amide bonds. The van der Waals surface area contributed by atoms with Gasteiger partial charge in [0.05, 0.1) is 5.25 Å². The molecule has 0 saturated heterocycles. The average Bonchev–Trinajstić information content (AvgIpc) is 2.36. The lowest BCUT2D eigenvalue weighted by Gasteiger charge is -2.25. The highest BCUT2D eigenvalue weighted by molar-refractivity contribution is 7.91. The lowest BCUT2D eigenvalue weighted by molar-refractivity contribution is 0.480. The molecule has 1 N–H and O–H groups in total. The standard InChI is InChI=1S/C15H24FNO2S/c1-5-8-17-15(12(3)20(4,18)19)10-13-9-14(16)7-6-11(13)2/h6-7,9,12,15,17H,5,8,10H2,1-4H3. The summed E-state index contributed by atoms with van der Waals surface area (Å²) in [6.45, 7) is 6.40. The van der Waals surface area contributed by atoms with Gasteiger partial charge >= 0.3 is 0 Å². The summed E-state index contributed by atoms with van der Waals surface area (Å²) in [6, 6.07) is 4.44. The van der Waals surface area contributed by atoms with Crippen LogP contribution in [0.25, 0.3) is 0 Å². The molecule has 2 atom stereocenters. The molecule has 0 fully saturated rings. The van der Waals surface area contributed by atoms with Gasteiger partial charge in [-0.25, -0.2) is 12.8 Å². The Hall–Kier alpha value is -0.940. The number of hydrogen-bond acceptors (Lipinski definition) is 3. The van der Waals surface area contributed by atoms with Crippen LogP contribution in [0.2, 0.25) is 0 Å². The summed E-state index contributed by atoms with van der Waals surface area (Å²) in [5.41, 5.74) is 1.84. The van der Waals surface area contributed by atoms with Gasteiger partial charge in [0.1, 0.15) is 5.82 Å². The lowest BCUT2D eigenvalue weighted by Crippen LogP contribution is -2.44. The van der Waals surface area contributed by atoms with E-state index in [0.717, 1.165) is 24.1 Å². The first-order chi connectivity index (χ1) is 9.25. The van der Waals surface area contributed by atoms with Gasteiger partial charge in [0.15, 0.2) is 9.84 Å². The first kappa shape index (κ1) is 17.1. The Morgan fingerprint density at radius 2 is 2.00 bits per heavy atom. The minimum Gasteiger partial charge on any atom is -0.312 e. The van der Waals surface area contributed by atoms with Gasteiger partial charge in [-0.3, -0.25) is 0 Å². The van der Waals surface area contributed by atoms with Crippen molar-refractivity contribution in [1.82, 2.24) is 5.32 Å². The lowest BCUT2D eigenvalue weighted by atomic mass is 9.99. The van der Waals surface area contributed by atoms with E-state index in [-0.39, 0.29) is 11.9 Å². The number of aryl methyl sites for hydroxylation is 1. The highest BCUT2D eigenvalue weighted by Gasteiger charge is 2.26. The molecule has 0 heterocycles. The zero-order chi connectivity index (χ0) is 15.3. The smallest absolute Gasteiger partial charge is 0.151 e. The minimum atomic E-state index is -3.13. The van der Waals surface area contributed by atoms with Crippen molar-refractivity contribution in [2.45, 2.75) is 44.9 Å². The van der Waals surface area contributed by atoms with E-state index in [0.29, 0.717) is 6.42 Å². The Labute approximate surface area is 121 Å². The summed E-state index contributed by atoms with van der Waals surface area (Å²) in [5.74, 6) is -0.285. The number of nitrogens with one attached hydrogen (secondary N) is 1. The van der Waals surface area contributed by atoms with Crippen LogP contribution in [-0.2, 0) is 16.3 Å². The highest BCUT2D eigenvalue weighted by atomic mass is 32.2. The zero-order valence-electron chi connectivity index (χ0n) is 12.6. The van der Waals surface area contributed by atoms with E-state index >= 15 is 0 Å². The largest absolute Gasteiger partial charge is 0.312 e. The minimum absolute atomic E-state index is 0.203. The number of halogens is 1. The van der Waals surface area contributed by atoms with E-state index in [4.69, 9.17) is 0 Å². The fourth-order valence-corrected chi connectivity index (χ4v) is 2.92. The van der Waals surface area contributed by atoms with Crippen molar-refractivity contribution in [3.63, 3.8) is 0 Å². The average molecular weight is 301 g/mol. The summed E-state index contributed by atoms with van der Waals surface area (Å²) >= 11 is 0. The highest BCUT2D eigenvalue weighted by Crippen LogP contribution is 2.16. The van der Waals surface area contributed by atoms with Crippen LogP contribution in [0.1, 0.15) is 31.4 Å². The molecule has 1 rings (SSSR count). The van der Waals surface area contributed by atoms with Gasteiger partial charge in [-0.15, -0.1) is 0 Å². The van der Waals surface area contributed by atoms with Crippen molar-refractivity contribution >= 4 is 9.84 Å². The Morgan fingerprint density at radius 1 is 1.35 bits per heavy atom. The molecule has 0 bridgehead atoms. The van der Waals surface area contributed by atoms with Crippen LogP contribution in [0.3, 0.4) is 0 Å². The molecule has 3 nitrogen and oxygen atoms in total. The fourth-order valence-electron chi connectivity index (χ4n) is 2.13. The first-order valence-electron chi connectivity index (χ1n) is 6.93. The van der Waals surface area contributed by atoms with Crippen molar-refractivity contribution in [3.05, 3.63) is 35.1 Å². The van der Waals surface area contributed by atoms with Gasteiger partial charge in [-0.05, 0) is 56.5 Å². The van der Waals surface area contributed by atoms with E-state index in [1.165, 1.54) is 18.4 Å². The molecule has 0 aliphatic heterocycles. The predicted molar refractivity (Wildman–Crippen MR) is 81.2 cm³/mol. The molecule has 0 saturated carbocycles. The topological polar surface area (TPSA) is 46.2 Å². The molecular weight excluding hydrogens is 277 g/mol. The summed E-state index contributed by atoms with van der Waals surface area (Å²) in [6.07, 6.45) is 2.68. The zero-order valence-corrected chi connectivity index (χ0v) is 13.4. The Bertz CT molecular complexity index is 543. The van der Waals surface area contributed by atoms with Crippen LogP contribution in [-0.4, -0.2) is 32.5 Å². The Balaban J connectivity index is 2.97. The SMILES string of the molecule is CCCNC(Cc1cc(F)ccc1C)C(C)S(C)(=O)=O. The van der Waals surface area contributed by atoms with Crippen LogP contribution < -0.4 is 5.32 Å². The third-order valence-electron chi connectivity index (χ3n) is 3.65. The Kier molecular flexibility index (Phi) is 6.14. The van der Waals surface area contributed by atoms with Crippen molar-refractivity contribution in [2.75, 3.05) is 12.8 Å². The van der Waals surface area contributed by atoms with Gasteiger partial charge in [0.2, 0.25) is 0 Å². The molecule has 0 spiro atoms. The van der Waals surface area contributed by atoms with E-state index in [9.17, 15) is 12.8 Å². The number of hydrogen-bond donors (Lipinski definition) is 1. The van der Waals surface area contributed by atoms with Crippen LogP contribution in [0.15, 0.2) is 18.2 Å². The summed E-state index contributed by atoms with van der Waals surface area (Å²) in [7, 11) is -3.13. The number of sulfone groups is 1. The summed E-state index contributed by atoms with van der Waals surface area (Å²) in [5, 5.41) is 2.77. The molecular formula is C15H24FNO2S. The molecule has 5 heteroatoms. The fraction of sp³-hybridized carbons (Fsp3) is 0.600. The number of benzene rings is 1. The van der Waals surface area contributed by atoms with Crippen LogP contribution in [0, 0.1) is 12.7 Å². The molecule has 0 aromatic heterocycles. The van der Waals surface area contributed by atoms with Gasteiger partial charge in [0.25, 0.3) is 0 Å². The van der Waals surface area contributed by atoms with Crippen LogP contribution in [0.5, 0.6) is 0 Å². The second-order valence-corrected chi connectivity index (χ2v) is 7.77. The maximum atomic E-state index is 13.3. The molecule has 114 valence electrons. The van der Waals surface area contributed by atoms with Gasteiger partial charge in [-0.2, -0.15) is 0 Å². The molecule has 1 aromatic rings. The maximum absolute atomic E-state index is 13.3. The summed E-state index contributed by atoms with van der Waals surface area (Å²) < 4.78 is 36.9. The molecule has 2 unspecified atom stereocenters. The van der Waals surface area contributed by atoms with Gasteiger partial charge in [0, 0.05) is 12.3 Å². The molecule has 1 aromatic carbocycles. The third kappa shape index (κ3) is 4.87. The molecule has 0 aliphatic carbocycles.